The second-order valence-electron chi connectivity index (χ2n) is 5.46. The molecule has 0 saturated carbocycles. The fraction of sp³-hybridized carbons (Fsp3) is 0.312. The van der Waals surface area contributed by atoms with Crippen molar-refractivity contribution in [2.45, 2.75) is 26.1 Å². The maximum absolute atomic E-state index is 12.8. The lowest BCUT2D eigenvalue weighted by Crippen LogP contribution is -2.30. The largest absolute Gasteiger partial charge is 0.573 e. The number of hydrogen-bond acceptors (Lipinski definition) is 7. The number of allylic oxidation sites excluding steroid dienone is 2. The van der Waals surface area contributed by atoms with Crippen molar-refractivity contribution in [2.24, 2.45) is 0 Å². The van der Waals surface area contributed by atoms with E-state index in [9.17, 15) is 28.1 Å². The van der Waals surface area contributed by atoms with Crippen LogP contribution in [0.1, 0.15) is 25.3 Å². The van der Waals surface area contributed by atoms with Crippen molar-refractivity contribution < 1.29 is 37.1 Å². The molecule has 0 saturated heterocycles. The van der Waals surface area contributed by atoms with Gasteiger partial charge in [0.2, 0.25) is 0 Å². The topological polar surface area (TPSA) is 99.9 Å². The molecule has 0 spiro atoms. The van der Waals surface area contributed by atoms with Gasteiger partial charge in [-0.25, -0.2) is 4.79 Å². The lowest BCUT2D eigenvalue weighted by molar-refractivity contribution is -0.431. The molecule has 1 atom stereocenters. The van der Waals surface area contributed by atoms with Gasteiger partial charge < -0.3 is 19.5 Å². The zero-order valence-electron chi connectivity index (χ0n) is 14.4. The number of hydrogen-bond donors (Lipinski definition) is 1. The average molecular weight is 388 g/mol. The molecule has 0 amide bonds. The number of nitrogens with zero attached hydrogens (tertiary/aromatic N) is 1. The van der Waals surface area contributed by atoms with Gasteiger partial charge >= 0.3 is 12.5 Å². The molecule has 2 rings (SSSR count). The summed E-state index contributed by atoms with van der Waals surface area (Å²) in [5.41, 5.74) is -0.393. The molecule has 1 aliphatic rings. The predicted molar refractivity (Wildman–Crippen MR) is 84.9 cm³/mol. The summed E-state index contributed by atoms with van der Waals surface area (Å²) in [7, 11) is 1.03. The number of alkyl halides is 3. The Kier molecular flexibility index (Phi) is 5.62. The molecule has 0 radical (unpaired) electrons. The minimum atomic E-state index is -5.02. The third-order valence-electron chi connectivity index (χ3n) is 3.68. The summed E-state index contributed by atoms with van der Waals surface area (Å²) in [6.07, 6.45) is -6.19. The molecule has 146 valence electrons. The van der Waals surface area contributed by atoms with Crippen LogP contribution in [0.2, 0.25) is 0 Å². The fourth-order valence-corrected chi connectivity index (χ4v) is 2.70. The SMILES string of the molecule is COC(=O)OC1=C(C)NC(C)=C([N+](=O)[O-])C1c1ccccc1OC(F)(F)F. The highest BCUT2D eigenvalue weighted by Gasteiger charge is 2.42. The number of ether oxygens (including phenoxy) is 3. The summed E-state index contributed by atoms with van der Waals surface area (Å²) < 4.78 is 51.7. The zero-order chi connectivity index (χ0) is 20.4. The van der Waals surface area contributed by atoms with Crippen LogP contribution in [0.25, 0.3) is 0 Å². The highest BCUT2D eigenvalue weighted by molar-refractivity contribution is 5.63. The highest BCUT2D eigenvalue weighted by Crippen LogP contribution is 2.43. The summed E-state index contributed by atoms with van der Waals surface area (Å²) >= 11 is 0. The lowest BCUT2D eigenvalue weighted by Gasteiger charge is -2.27. The van der Waals surface area contributed by atoms with Crippen LogP contribution < -0.4 is 10.1 Å². The second kappa shape index (κ2) is 7.56. The van der Waals surface area contributed by atoms with E-state index in [0.717, 1.165) is 13.2 Å². The Hall–Kier alpha value is -3.24. The van der Waals surface area contributed by atoms with Gasteiger partial charge in [-0.2, -0.15) is 0 Å². The third-order valence-corrected chi connectivity index (χ3v) is 3.68. The van der Waals surface area contributed by atoms with Crippen LogP contribution in [0.5, 0.6) is 5.75 Å². The standard InChI is InChI=1S/C16H15F3N2O6/c1-8-13(21(23)24)12(14(9(2)20-8)26-15(22)25-3)10-6-4-5-7-11(10)27-16(17,18)19/h4-7,12,20H,1-3H3. The average Bonchev–Trinajstić information content (AvgIpc) is 2.55. The van der Waals surface area contributed by atoms with E-state index < -0.39 is 34.8 Å². The minimum absolute atomic E-state index is 0.0847. The minimum Gasteiger partial charge on any atom is -0.437 e. The molecule has 0 aliphatic carbocycles. The Labute approximate surface area is 151 Å². The van der Waals surface area contributed by atoms with E-state index in [-0.39, 0.29) is 22.7 Å². The summed E-state index contributed by atoms with van der Waals surface area (Å²) in [4.78, 5) is 22.4. The number of halogens is 3. The monoisotopic (exact) mass is 388 g/mol. The molecule has 1 aliphatic heterocycles. The summed E-state index contributed by atoms with van der Waals surface area (Å²) in [5, 5.41) is 14.3. The lowest BCUT2D eigenvalue weighted by atomic mass is 9.89. The molecule has 1 unspecified atom stereocenters. The van der Waals surface area contributed by atoms with Crippen molar-refractivity contribution in [3.63, 3.8) is 0 Å². The summed E-state index contributed by atoms with van der Waals surface area (Å²) in [5.74, 6) is -2.35. The number of dihydropyridines is 1. The van der Waals surface area contributed by atoms with Crippen LogP contribution in [0.15, 0.2) is 47.1 Å². The van der Waals surface area contributed by atoms with Crippen molar-refractivity contribution in [3.8, 4) is 5.75 Å². The second-order valence-corrected chi connectivity index (χ2v) is 5.46. The molecular formula is C16H15F3N2O6. The van der Waals surface area contributed by atoms with Gasteiger partial charge in [-0.1, -0.05) is 18.2 Å². The Balaban J connectivity index is 2.68. The molecule has 11 heteroatoms. The first kappa shape index (κ1) is 20.1. The molecule has 27 heavy (non-hydrogen) atoms. The first-order valence-electron chi connectivity index (χ1n) is 7.48. The Morgan fingerprint density at radius 2 is 1.85 bits per heavy atom. The molecule has 0 aromatic heterocycles. The molecule has 1 aromatic rings. The van der Waals surface area contributed by atoms with Crippen molar-refractivity contribution in [3.05, 3.63) is 62.8 Å². The van der Waals surface area contributed by atoms with Crippen LogP contribution in [0.4, 0.5) is 18.0 Å². The number of carbonyl (C=O) groups is 1. The number of nitrogens with one attached hydrogen (secondary N) is 1. The summed E-state index contributed by atoms with van der Waals surface area (Å²) in [6.45, 7) is 2.84. The zero-order valence-corrected chi connectivity index (χ0v) is 14.4. The Bertz CT molecular complexity index is 832. The van der Waals surface area contributed by atoms with Gasteiger partial charge in [-0.3, -0.25) is 10.1 Å². The number of rotatable bonds is 4. The van der Waals surface area contributed by atoms with Crippen LogP contribution in [0, 0.1) is 10.1 Å². The molecule has 0 fully saturated rings. The molecule has 8 nitrogen and oxygen atoms in total. The third kappa shape index (κ3) is 4.49. The fourth-order valence-electron chi connectivity index (χ4n) is 2.70. The van der Waals surface area contributed by atoms with E-state index in [1.54, 1.807) is 0 Å². The van der Waals surface area contributed by atoms with Crippen molar-refractivity contribution in [1.29, 1.82) is 0 Å². The van der Waals surface area contributed by atoms with Gasteiger partial charge in [0.1, 0.15) is 17.4 Å². The molecular weight excluding hydrogens is 373 g/mol. The van der Waals surface area contributed by atoms with Crippen molar-refractivity contribution in [2.75, 3.05) is 7.11 Å². The number of benzene rings is 1. The van der Waals surface area contributed by atoms with Crippen LogP contribution in [-0.2, 0) is 9.47 Å². The smallest absolute Gasteiger partial charge is 0.437 e. The van der Waals surface area contributed by atoms with Gasteiger partial charge in [0.05, 0.1) is 23.4 Å². The number of para-hydroxylation sites is 1. The quantitative estimate of drug-likeness (QED) is 0.476. The van der Waals surface area contributed by atoms with Gasteiger partial charge in [0.25, 0.3) is 5.70 Å². The normalized spacial score (nSPS) is 17.3. The van der Waals surface area contributed by atoms with E-state index in [4.69, 9.17) is 4.74 Å². The predicted octanol–water partition coefficient (Wildman–Crippen LogP) is 3.79. The van der Waals surface area contributed by atoms with Crippen LogP contribution in [-0.4, -0.2) is 24.6 Å². The van der Waals surface area contributed by atoms with Crippen LogP contribution >= 0.6 is 0 Å². The Morgan fingerprint density at radius 1 is 1.22 bits per heavy atom. The number of carbonyl (C=O) groups excluding carboxylic acids is 1. The van der Waals surface area contributed by atoms with Crippen LogP contribution in [0.3, 0.4) is 0 Å². The van der Waals surface area contributed by atoms with Crippen molar-refractivity contribution >= 4 is 6.16 Å². The molecule has 0 bridgehead atoms. The number of methoxy groups -OCH3 is 1. The maximum Gasteiger partial charge on any atom is 0.573 e. The van der Waals surface area contributed by atoms with Gasteiger partial charge in [-0.05, 0) is 19.9 Å². The van der Waals surface area contributed by atoms with E-state index in [0.29, 0.717) is 0 Å². The molecule has 1 heterocycles. The molecule has 1 aromatic carbocycles. The van der Waals surface area contributed by atoms with E-state index in [2.05, 4.69) is 14.8 Å². The molecule has 1 N–H and O–H groups in total. The number of nitro groups is 1. The van der Waals surface area contributed by atoms with E-state index in [1.807, 2.05) is 0 Å². The first-order valence-corrected chi connectivity index (χ1v) is 7.48. The first-order chi connectivity index (χ1) is 12.5. The van der Waals surface area contributed by atoms with E-state index in [1.165, 1.54) is 32.0 Å². The summed E-state index contributed by atoms with van der Waals surface area (Å²) in [6, 6.07) is 4.91. The van der Waals surface area contributed by atoms with Gasteiger partial charge in [-0.15, -0.1) is 13.2 Å². The van der Waals surface area contributed by atoms with E-state index >= 15 is 0 Å². The highest BCUT2D eigenvalue weighted by atomic mass is 19.4. The Morgan fingerprint density at radius 3 is 2.41 bits per heavy atom. The van der Waals surface area contributed by atoms with Gasteiger partial charge in [0, 0.05) is 5.56 Å². The van der Waals surface area contributed by atoms with Crippen molar-refractivity contribution in [1.82, 2.24) is 5.32 Å². The maximum atomic E-state index is 12.8. The van der Waals surface area contributed by atoms with Gasteiger partial charge in [0.15, 0.2) is 0 Å².